The normalized spacial score (nSPS) is 14.8. The van der Waals surface area contributed by atoms with E-state index >= 15 is 0 Å². The smallest absolute Gasteiger partial charge is 0.251 e. The van der Waals surface area contributed by atoms with Crippen LogP contribution >= 0.6 is 23.7 Å². The molecule has 0 aliphatic carbocycles. The first-order valence-electron chi connectivity index (χ1n) is 9.03. The van der Waals surface area contributed by atoms with Gasteiger partial charge in [-0.3, -0.25) is 9.69 Å². The van der Waals surface area contributed by atoms with E-state index in [-0.39, 0.29) is 24.4 Å². The number of carbonyl (C=O) groups is 1. The van der Waals surface area contributed by atoms with Gasteiger partial charge in [-0.2, -0.15) is 0 Å². The third-order valence-corrected chi connectivity index (χ3v) is 5.81. The fraction of sp³-hybridized carbons (Fsp3) is 0.450. The molecule has 1 aliphatic rings. The van der Waals surface area contributed by atoms with E-state index in [1.807, 2.05) is 0 Å². The van der Waals surface area contributed by atoms with Gasteiger partial charge in [0.25, 0.3) is 5.91 Å². The van der Waals surface area contributed by atoms with Crippen molar-refractivity contribution in [2.45, 2.75) is 18.9 Å². The fourth-order valence-corrected chi connectivity index (χ4v) is 4.31. The van der Waals surface area contributed by atoms with Gasteiger partial charge < -0.3 is 19.5 Å². The van der Waals surface area contributed by atoms with E-state index in [0.717, 1.165) is 13.1 Å². The molecular weight excluding hydrogens is 400 g/mol. The summed E-state index contributed by atoms with van der Waals surface area (Å²) in [6.07, 6.45) is 2.42. The van der Waals surface area contributed by atoms with Crippen LogP contribution in [0.2, 0.25) is 0 Å². The zero-order valence-electron chi connectivity index (χ0n) is 16.4. The quantitative estimate of drug-likeness (QED) is 0.696. The molecule has 6 nitrogen and oxygen atoms in total. The summed E-state index contributed by atoms with van der Waals surface area (Å²) in [4.78, 5) is 16.5. The van der Waals surface area contributed by atoms with Crippen molar-refractivity contribution in [2.24, 2.45) is 0 Å². The second-order valence-electron chi connectivity index (χ2n) is 6.40. The molecule has 3 rings (SSSR count). The summed E-state index contributed by atoms with van der Waals surface area (Å²) in [5.74, 6) is 1.26. The van der Waals surface area contributed by atoms with Crippen LogP contribution in [0.15, 0.2) is 29.6 Å². The Morgan fingerprint density at radius 2 is 1.79 bits per heavy atom. The third-order valence-electron chi connectivity index (χ3n) is 4.84. The topological polar surface area (TPSA) is 60.0 Å². The summed E-state index contributed by atoms with van der Waals surface area (Å²) in [7, 11) is 4.63. The number of nitrogens with one attached hydrogen (secondary N) is 1. The molecule has 1 N–H and O–H groups in total. The second-order valence-corrected chi connectivity index (χ2v) is 7.38. The van der Waals surface area contributed by atoms with Gasteiger partial charge in [0, 0.05) is 17.0 Å². The number of thiophene rings is 1. The lowest BCUT2D eigenvalue weighted by Crippen LogP contribution is -2.36. The summed E-state index contributed by atoms with van der Waals surface area (Å²) in [6, 6.07) is 7.75. The van der Waals surface area contributed by atoms with Crippen molar-refractivity contribution < 1.29 is 19.0 Å². The van der Waals surface area contributed by atoms with E-state index in [0.29, 0.717) is 29.4 Å². The van der Waals surface area contributed by atoms with E-state index in [1.54, 1.807) is 44.8 Å². The zero-order chi connectivity index (χ0) is 19.2. The van der Waals surface area contributed by atoms with Gasteiger partial charge in [0.05, 0.1) is 27.4 Å². The maximum atomic E-state index is 12.8. The first-order chi connectivity index (χ1) is 13.2. The number of likely N-dealkylation sites (tertiary alicyclic amines) is 1. The van der Waals surface area contributed by atoms with E-state index in [4.69, 9.17) is 14.2 Å². The Hall–Kier alpha value is -1.96. The average molecular weight is 427 g/mol. The molecule has 154 valence electrons. The number of ether oxygens (including phenoxy) is 3. The highest BCUT2D eigenvalue weighted by Gasteiger charge is 2.25. The van der Waals surface area contributed by atoms with Crippen molar-refractivity contribution in [1.29, 1.82) is 0 Å². The average Bonchev–Trinajstić information content (AvgIpc) is 3.41. The SMILES string of the molecule is COc1cc(C(=O)NCC(c2cccs2)N2CCCC2)cc(OC)c1OC.Cl. The molecule has 1 aliphatic heterocycles. The molecule has 0 bridgehead atoms. The molecule has 0 radical (unpaired) electrons. The molecule has 2 heterocycles. The number of methoxy groups -OCH3 is 3. The van der Waals surface area contributed by atoms with Gasteiger partial charge in [0.2, 0.25) is 5.75 Å². The number of hydrogen-bond acceptors (Lipinski definition) is 6. The van der Waals surface area contributed by atoms with Crippen LogP contribution in [0.3, 0.4) is 0 Å². The van der Waals surface area contributed by atoms with Crippen molar-refractivity contribution in [3.05, 3.63) is 40.1 Å². The molecule has 28 heavy (non-hydrogen) atoms. The second kappa shape index (κ2) is 10.5. The van der Waals surface area contributed by atoms with Crippen LogP contribution in [0.25, 0.3) is 0 Å². The lowest BCUT2D eigenvalue weighted by Gasteiger charge is -2.27. The summed E-state index contributed by atoms with van der Waals surface area (Å²) in [5.41, 5.74) is 0.482. The van der Waals surface area contributed by atoms with E-state index in [1.165, 1.54) is 17.7 Å². The van der Waals surface area contributed by atoms with Gasteiger partial charge in [0.1, 0.15) is 0 Å². The number of carbonyl (C=O) groups excluding carboxylic acids is 1. The summed E-state index contributed by atoms with van der Waals surface area (Å²) in [5, 5.41) is 5.16. The highest BCUT2D eigenvalue weighted by molar-refractivity contribution is 7.10. The van der Waals surface area contributed by atoms with Crippen LogP contribution in [0, 0.1) is 0 Å². The van der Waals surface area contributed by atoms with Crippen LogP contribution < -0.4 is 19.5 Å². The van der Waals surface area contributed by atoms with Crippen molar-refractivity contribution in [3.63, 3.8) is 0 Å². The van der Waals surface area contributed by atoms with Gasteiger partial charge in [-0.05, 0) is 49.5 Å². The third kappa shape index (κ3) is 4.90. The zero-order valence-corrected chi connectivity index (χ0v) is 18.0. The highest BCUT2D eigenvalue weighted by Crippen LogP contribution is 2.38. The molecular formula is C20H27ClN2O4S. The standard InChI is InChI=1S/C20H26N2O4S.ClH/c1-24-16-11-14(12-17(25-2)19(16)26-3)20(23)21-13-15(18-7-6-10-27-18)22-8-4-5-9-22;/h6-7,10-12,15H,4-5,8-9,13H2,1-3H3,(H,21,23);1H. The van der Waals surface area contributed by atoms with Gasteiger partial charge in [-0.15, -0.1) is 23.7 Å². The molecule has 1 aromatic carbocycles. The molecule has 1 atom stereocenters. The molecule has 1 fully saturated rings. The lowest BCUT2D eigenvalue weighted by molar-refractivity contribution is 0.0937. The largest absolute Gasteiger partial charge is 0.493 e. The molecule has 1 amide bonds. The number of benzene rings is 1. The first-order valence-corrected chi connectivity index (χ1v) is 9.91. The van der Waals surface area contributed by atoms with Gasteiger partial charge >= 0.3 is 0 Å². The monoisotopic (exact) mass is 426 g/mol. The Labute approximate surface area is 176 Å². The summed E-state index contributed by atoms with van der Waals surface area (Å²) < 4.78 is 16.0. The Bertz CT molecular complexity index is 739. The van der Waals surface area contributed by atoms with Crippen molar-refractivity contribution in [3.8, 4) is 17.2 Å². The van der Waals surface area contributed by atoms with Crippen LogP contribution in [-0.2, 0) is 0 Å². The number of amides is 1. The maximum absolute atomic E-state index is 12.8. The molecule has 1 saturated heterocycles. The molecule has 0 spiro atoms. The molecule has 2 aromatic rings. The number of hydrogen-bond donors (Lipinski definition) is 1. The van der Waals surface area contributed by atoms with Crippen LogP contribution in [0.4, 0.5) is 0 Å². The van der Waals surface area contributed by atoms with Gasteiger partial charge in [-0.25, -0.2) is 0 Å². The van der Waals surface area contributed by atoms with Crippen molar-refractivity contribution in [1.82, 2.24) is 10.2 Å². The Balaban J connectivity index is 0.00000280. The molecule has 0 saturated carbocycles. The number of rotatable bonds is 8. The van der Waals surface area contributed by atoms with E-state index < -0.39 is 0 Å². The minimum Gasteiger partial charge on any atom is -0.493 e. The number of halogens is 1. The maximum Gasteiger partial charge on any atom is 0.251 e. The molecule has 1 unspecified atom stereocenters. The van der Waals surface area contributed by atoms with Crippen molar-refractivity contribution >= 4 is 29.7 Å². The highest BCUT2D eigenvalue weighted by atomic mass is 35.5. The Morgan fingerprint density at radius 1 is 1.14 bits per heavy atom. The Kier molecular flexibility index (Phi) is 8.41. The van der Waals surface area contributed by atoms with Crippen LogP contribution in [0.1, 0.15) is 34.1 Å². The fourth-order valence-electron chi connectivity index (χ4n) is 3.45. The van der Waals surface area contributed by atoms with E-state index in [9.17, 15) is 4.79 Å². The minimum atomic E-state index is -0.157. The molecule has 1 aromatic heterocycles. The minimum absolute atomic E-state index is 0. The Morgan fingerprint density at radius 3 is 2.29 bits per heavy atom. The van der Waals surface area contributed by atoms with Crippen molar-refractivity contribution in [2.75, 3.05) is 41.0 Å². The lowest BCUT2D eigenvalue weighted by atomic mass is 10.1. The first kappa shape index (κ1) is 22.3. The van der Waals surface area contributed by atoms with Gasteiger partial charge in [0.15, 0.2) is 11.5 Å². The summed E-state index contributed by atoms with van der Waals surface area (Å²) in [6.45, 7) is 2.71. The van der Waals surface area contributed by atoms with Crippen LogP contribution in [0.5, 0.6) is 17.2 Å². The van der Waals surface area contributed by atoms with Gasteiger partial charge in [-0.1, -0.05) is 6.07 Å². The number of nitrogens with zero attached hydrogens (tertiary/aromatic N) is 1. The van der Waals surface area contributed by atoms with Crippen LogP contribution in [-0.4, -0.2) is 51.8 Å². The predicted octanol–water partition coefficient (Wildman–Crippen LogP) is 3.76. The molecule has 8 heteroatoms. The predicted molar refractivity (Wildman–Crippen MR) is 114 cm³/mol. The summed E-state index contributed by atoms with van der Waals surface area (Å²) >= 11 is 1.73. The van der Waals surface area contributed by atoms with E-state index in [2.05, 4.69) is 27.7 Å².